The summed E-state index contributed by atoms with van der Waals surface area (Å²) in [6.07, 6.45) is -0.341. The van der Waals surface area contributed by atoms with Crippen LogP contribution in [0.15, 0.2) is 24.4 Å². The van der Waals surface area contributed by atoms with Gasteiger partial charge in [-0.1, -0.05) is 6.07 Å². The first kappa shape index (κ1) is 7.31. The highest BCUT2D eigenvalue weighted by Gasteiger charge is 2.22. The minimum Gasteiger partial charge on any atom is -0.447 e. The van der Waals surface area contributed by atoms with Crippen LogP contribution in [0.3, 0.4) is 0 Å². The van der Waals surface area contributed by atoms with Gasteiger partial charge in [0.1, 0.15) is 6.61 Å². The summed E-state index contributed by atoms with van der Waals surface area (Å²) in [4.78, 5) is 14.6. The van der Waals surface area contributed by atoms with E-state index in [0.29, 0.717) is 21.4 Å². The average Bonchev–Trinajstić information content (AvgIpc) is 3.04. The van der Waals surface area contributed by atoms with E-state index in [0.717, 1.165) is 5.56 Å². The largest absolute Gasteiger partial charge is 0.447 e. The van der Waals surface area contributed by atoms with Crippen molar-refractivity contribution >= 4 is 17.0 Å². The van der Waals surface area contributed by atoms with Gasteiger partial charge < -0.3 is 19.9 Å². The first-order valence-electron chi connectivity index (χ1n) is 10.6. The Labute approximate surface area is 135 Å². The van der Waals surface area contributed by atoms with Crippen molar-refractivity contribution in [1.82, 2.24) is 15.2 Å². The van der Waals surface area contributed by atoms with E-state index in [1.807, 2.05) is 0 Å². The molecule has 2 aromatic rings. The van der Waals surface area contributed by atoms with Crippen LogP contribution in [-0.4, -0.2) is 49.1 Å². The van der Waals surface area contributed by atoms with Crippen molar-refractivity contribution in [2.45, 2.75) is 18.9 Å². The molecule has 5 nitrogen and oxygen atoms in total. The second kappa shape index (κ2) is 5.77. The van der Waals surface area contributed by atoms with Gasteiger partial charge in [-0.3, -0.25) is 0 Å². The molecule has 0 bridgehead atoms. The van der Waals surface area contributed by atoms with Crippen molar-refractivity contribution < 1.29 is 20.5 Å². The number of cyclic esters (lactones) is 1. The molecule has 0 radical (unpaired) electrons. The normalized spacial score (nSPS) is 28.5. The van der Waals surface area contributed by atoms with Crippen molar-refractivity contribution in [2.75, 3.05) is 27.1 Å². The Hall–Kier alpha value is -2.01. The van der Waals surface area contributed by atoms with Crippen molar-refractivity contribution in [3.8, 4) is 0 Å². The Bertz CT molecular complexity index is 909. The third-order valence-corrected chi connectivity index (χ3v) is 3.42. The summed E-state index contributed by atoms with van der Waals surface area (Å²) in [6, 6.07) is 3.97. The Kier molecular flexibility index (Phi) is 2.01. The van der Waals surface area contributed by atoms with Gasteiger partial charge in [-0.2, -0.15) is 0 Å². The number of alkyl carbamates (subject to hydrolysis) is 1. The summed E-state index contributed by atoms with van der Waals surface area (Å²) in [5.74, 6) is 0. The van der Waals surface area contributed by atoms with Crippen molar-refractivity contribution in [2.24, 2.45) is 0 Å². The van der Waals surface area contributed by atoms with Crippen LogP contribution in [0.25, 0.3) is 10.9 Å². The fraction of sp³-hybridized carbons (Fsp3) is 0.438. The zero-order chi connectivity index (χ0) is 21.6. The molecule has 21 heavy (non-hydrogen) atoms. The zero-order valence-corrected chi connectivity index (χ0v) is 11.3. The van der Waals surface area contributed by atoms with Gasteiger partial charge in [0.15, 0.2) is 0 Å². The predicted octanol–water partition coefficient (Wildman–Crippen LogP) is 1.92. The zero-order valence-electron chi connectivity index (χ0n) is 19.3. The van der Waals surface area contributed by atoms with Gasteiger partial charge >= 0.3 is 6.09 Å². The summed E-state index contributed by atoms with van der Waals surface area (Å²) in [6.45, 7) is -5.94. The number of fused-ring (bicyclic) bond motifs is 1. The summed E-state index contributed by atoms with van der Waals surface area (Å²) in [7, 11) is 0. The van der Waals surface area contributed by atoms with E-state index in [9.17, 15) is 4.79 Å². The van der Waals surface area contributed by atoms with Gasteiger partial charge in [0, 0.05) is 31.8 Å². The average molecular weight is 295 g/mol. The van der Waals surface area contributed by atoms with Gasteiger partial charge in [-0.15, -0.1) is 0 Å². The molecule has 0 unspecified atom stereocenters. The van der Waals surface area contributed by atoms with E-state index in [-0.39, 0.29) is 32.2 Å². The van der Waals surface area contributed by atoms with Crippen LogP contribution in [0.1, 0.15) is 22.1 Å². The molecule has 1 amide bonds. The SMILES string of the molecule is [2H]c1[nH]c2ccc(C[C@@]3([2H])COC(=O)N3)cc2c1CCN(C([2H])([2H])[2H])C([2H])([2H])[2H]. The molecule has 3 rings (SSSR count). The Morgan fingerprint density at radius 1 is 1.57 bits per heavy atom. The number of H-pyrrole nitrogens is 1. The molecule has 1 fully saturated rings. The summed E-state index contributed by atoms with van der Waals surface area (Å²) < 4.78 is 66.0. The Balaban J connectivity index is 1.86. The van der Waals surface area contributed by atoms with Crippen molar-refractivity contribution in [3.05, 3.63) is 35.5 Å². The predicted molar refractivity (Wildman–Crippen MR) is 82.5 cm³/mol. The van der Waals surface area contributed by atoms with Crippen LogP contribution in [-0.2, 0) is 17.6 Å². The lowest BCUT2D eigenvalue weighted by Gasteiger charge is -2.09. The lowest BCUT2D eigenvalue weighted by atomic mass is 10.0. The summed E-state index contributed by atoms with van der Waals surface area (Å²) in [5.41, 5.74) is 1.86. The molecule has 0 spiro atoms. The number of aromatic amines is 1. The topological polar surface area (TPSA) is 57.4 Å². The highest BCUT2D eigenvalue weighted by atomic mass is 16.6. The first-order valence-corrected chi connectivity index (χ1v) is 6.61. The lowest BCUT2D eigenvalue weighted by molar-refractivity contribution is 0.177. The quantitative estimate of drug-likeness (QED) is 0.886. The molecule has 2 heterocycles. The molecular formula is C16H21N3O2. The highest BCUT2D eigenvalue weighted by Crippen LogP contribution is 2.21. The van der Waals surface area contributed by atoms with Crippen LogP contribution in [0.2, 0.25) is 0 Å². The molecule has 0 aliphatic carbocycles. The van der Waals surface area contributed by atoms with E-state index in [4.69, 9.17) is 15.7 Å². The molecule has 1 aromatic carbocycles. The Morgan fingerprint density at radius 3 is 3.24 bits per heavy atom. The highest BCUT2D eigenvalue weighted by molar-refractivity contribution is 5.84. The third-order valence-electron chi connectivity index (χ3n) is 3.42. The smallest absolute Gasteiger partial charge is 0.407 e. The molecule has 2 N–H and O–H groups in total. The number of hydrogen-bond donors (Lipinski definition) is 2. The Morgan fingerprint density at radius 2 is 2.48 bits per heavy atom. The summed E-state index contributed by atoms with van der Waals surface area (Å²) in [5, 5.41) is 3.10. The molecule has 0 saturated carbocycles. The molecule has 1 saturated heterocycles. The van der Waals surface area contributed by atoms with Crippen LogP contribution >= 0.6 is 0 Å². The van der Waals surface area contributed by atoms with Crippen LogP contribution in [0.5, 0.6) is 0 Å². The van der Waals surface area contributed by atoms with Gasteiger partial charge in [0.2, 0.25) is 0 Å². The number of carbonyl (C=O) groups excluding carboxylic acids is 1. The molecule has 1 aromatic heterocycles. The maximum Gasteiger partial charge on any atom is 0.407 e. The van der Waals surface area contributed by atoms with E-state index in [1.165, 1.54) is 0 Å². The van der Waals surface area contributed by atoms with E-state index >= 15 is 0 Å². The number of amides is 1. The van der Waals surface area contributed by atoms with Gasteiger partial charge in [-0.05, 0) is 50.1 Å². The van der Waals surface area contributed by atoms with E-state index in [2.05, 4.69) is 10.3 Å². The molecule has 112 valence electrons. The summed E-state index contributed by atoms with van der Waals surface area (Å²) >= 11 is 0. The van der Waals surface area contributed by atoms with Crippen LogP contribution < -0.4 is 5.32 Å². The van der Waals surface area contributed by atoms with Crippen molar-refractivity contribution in [1.29, 1.82) is 0 Å². The second-order valence-corrected chi connectivity index (χ2v) is 4.99. The molecule has 1 atom stereocenters. The maximum absolute atomic E-state index is 11.3. The minimum absolute atomic E-state index is 0.0466. The number of nitrogens with zero attached hydrogens (tertiary/aromatic N) is 1. The van der Waals surface area contributed by atoms with Crippen LogP contribution in [0, 0.1) is 0 Å². The fourth-order valence-corrected chi connectivity index (χ4v) is 2.40. The number of carbonyl (C=O) groups is 1. The van der Waals surface area contributed by atoms with Crippen LogP contribution in [0.4, 0.5) is 4.79 Å². The number of ether oxygens (including phenoxy) is 1. The van der Waals surface area contributed by atoms with E-state index < -0.39 is 26.1 Å². The lowest BCUT2D eigenvalue weighted by Crippen LogP contribution is -2.28. The van der Waals surface area contributed by atoms with Crippen molar-refractivity contribution in [3.63, 3.8) is 0 Å². The number of rotatable bonds is 5. The monoisotopic (exact) mass is 295 g/mol. The molecule has 1 aliphatic rings. The second-order valence-electron chi connectivity index (χ2n) is 4.99. The van der Waals surface area contributed by atoms with Gasteiger partial charge in [-0.25, -0.2) is 4.79 Å². The maximum atomic E-state index is 11.3. The van der Waals surface area contributed by atoms with Gasteiger partial charge in [0.25, 0.3) is 0 Å². The van der Waals surface area contributed by atoms with E-state index in [1.54, 1.807) is 18.2 Å². The minimum atomic E-state index is -2.79. The number of aromatic nitrogens is 1. The fourth-order valence-electron chi connectivity index (χ4n) is 2.40. The number of hydrogen-bond acceptors (Lipinski definition) is 3. The number of benzene rings is 1. The number of nitrogens with one attached hydrogen (secondary N) is 2. The molecule has 5 heteroatoms. The molecule has 1 aliphatic heterocycles. The first-order chi connectivity index (χ1) is 13.3. The standard InChI is InChI=1S/C16H21N3O2/c1-19(2)6-5-12-9-17-15-4-3-11(8-14(12)15)7-13-10-21-16(20)18-13/h3-4,8-9,13,17H,5-7,10H2,1-2H3,(H,18,20)/t13-/m0/s1/i1D3,2D3,9D,13D. The number of likely N-dealkylation sites (N-methyl/N-ethyl adjacent to an activating group) is 1. The third kappa shape index (κ3) is 3.19. The molecular weight excluding hydrogens is 266 g/mol. The van der Waals surface area contributed by atoms with Gasteiger partial charge in [0.05, 0.1) is 8.76 Å².